The van der Waals surface area contributed by atoms with Crippen LogP contribution in [0.15, 0.2) is 27.4 Å². The van der Waals surface area contributed by atoms with Gasteiger partial charge in [-0.1, -0.05) is 12.1 Å². The van der Waals surface area contributed by atoms with Crippen molar-refractivity contribution in [2.45, 2.75) is 12.5 Å². The Labute approximate surface area is 105 Å². The van der Waals surface area contributed by atoms with Gasteiger partial charge in [-0.2, -0.15) is 0 Å². The first-order chi connectivity index (χ1) is 8.69. The molecular formula is C13H17N3O2. The van der Waals surface area contributed by atoms with Crippen LogP contribution in [0.3, 0.4) is 0 Å². The number of fused-ring (bicyclic) bond motifs is 1. The van der Waals surface area contributed by atoms with Crippen LogP contribution >= 0.6 is 0 Å². The van der Waals surface area contributed by atoms with Crippen LogP contribution in [-0.2, 0) is 0 Å². The van der Waals surface area contributed by atoms with Gasteiger partial charge in [-0.15, -0.1) is 0 Å². The lowest BCUT2D eigenvalue weighted by Gasteiger charge is -2.19. The van der Waals surface area contributed by atoms with Crippen LogP contribution in [0, 0.1) is 5.92 Å². The van der Waals surface area contributed by atoms with Gasteiger partial charge in [0, 0.05) is 12.6 Å². The molecule has 0 aliphatic carbocycles. The Bertz CT molecular complexity index is 616. The molecule has 0 radical (unpaired) electrons. The number of oxazole rings is 1. The number of nitrogens with two attached hydrogens (primary N) is 1. The molecule has 1 aromatic heterocycles. The summed E-state index contributed by atoms with van der Waals surface area (Å²) in [4.78, 5) is 16.4. The quantitative estimate of drug-likeness (QED) is 0.832. The monoisotopic (exact) mass is 247 g/mol. The van der Waals surface area contributed by atoms with Crippen molar-refractivity contribution in [3.8, 4) is 0 Å². The van der Waals surface area contributed by atoms with Gasteiger partial charge in [-0.25, -0.2) is 4.79 Å². The average molecular weight is 247 g/mol. The third-order valence-electron chi connectivity index (χ3n) is 3.82. The van der Waals surface area contributed by atoms with Gasteiger partial charge in [0.25, 0.3) is 0 Å². The SMILES string of the molecule is CN1CC(CN)CC1c1cccc2oc(=O)[nH]c12. The first-order valence-corrected chi connectivity index (χ1v) is 6.21. The van der Waals surface area contributed by atoms with E-state index in [-0.39, 0.29) is 0 Å². The lowest BCUT2D eigenvalue weighted by atomic mass is 9.99. The van der Waals surface area contributed by atoms with Crippen LogP contribution < -0.4 is 11.5 Å². The average Bonchev–Trinajstić information content (AvgIpc) is 2.90. The van der Waals surface area contributed by atoms with E-state index in [1.807, 2.05) is 18.2 Å². The summed E-state index contributed by atoms with van der Waals surface area (Å²) in [5.41, 5.74) is 8.32. The zero-order valence-corrected chi connectivity index (χ0v) is 10.3. The number of H-pyrrole nitrogens is 1. The molecule has 2 atom stereocenters. The molecule has 0 spiro atoms. The molecule has 2 heterocycles. The summed E-state index contributed by atoms with van der Waals surface area (Å²) in [7, 11) is 2.09. The van der Waals surface area contributed by atoms with Crippen molar-refractivity contribution in [2.24, 2.45) is 11.7 Å². The normalized spacial score (nSPS) is 25.0. The van der Waals surface area contributed by atoms with E-state index in [1.165, 1.54) is 0 Å². The Morgan fingerprint density at radius 3 is 3.11 bits per heavy atom. The van der Waals surface area contributed by atoms with Crippen LogP contribution in [0.1, 0.15) is 18.0 Å². The smallest absolute Gasteiger partial charge is 0.408 e. The van der Waals surface area contributed by atoms with Gasteiger partial charge < -0.3 is 10.2 Å². The number of benzene rings is 1. The van der Waals surface area contributed by atoms with Crippen LogP contribution in [0.25, 0.3) is 11.1 Å². The van der Waals surface area contributed by atoms with E-state index in [4.69, 9.17) is 10.2 Å². The topological polar surface area (TPSA) is 75.3 Å². The molecule has 1 saturated heterocycles. The van der Waals surface area contributed by atoms with Crippen molar-refractivity contribution in [3.63, 3.8) is 0 Å². The number of rotatable bonds is 2. The molecule has 0 saturated carbocycles. The number of nitrogens with zero attached hydrogens (tertiary/aromatic N) is 1. The standard InChI is InChI=1S/C13H17N3O2/c1-16-7-8(6-14)5-10(16)9-3-2-4-11-12(9)15-13(17)18-11/h2-4,8,10H,5-7,14H2,1H3,(H,15,17). The zero-order valence-electron chi connectivity index (χ0n) is 10.3. The lowest BCUT2D eigenvalue weighted by molar-refractivity contribution is 0.315. The lowest BCUT2D eigenvalue weighted by Crippen LogP contribution is -2.20. The largest absolute Gasteiger partial charge is 0.417 e. The second-order valence-electron chi connectivity index (χ2n) is 5.03. The molecule has 5 heteroatoms. The van der Waals surface area contributed by atoms with E-state index in [9.17, 15) is 4.79 Å². The third-order valence-corrected chi connectivity index (χ3v) is 3.82. The minimum absolute atomic E-state index is 0.301. The Balaban J connectivity index is 2.06. The summed E-state index contributed by atoms with van der Waals surface area (Å²) < 4.78 is 5.10. The number of aromatic amines is 1. The van der Waals surface area contributed by atoms with Gasteiger partial charge in [0.15, 0.2) is 5.58 Å². The molecule has 5 nitrogen and oxygen atoms in total. The van der Waals surface area contributed by atoms with E-state index in [0.29, 0.717) is 24.1 Å². The second kappa shape index (κ2) is 4.26. The number of aromatic nitrogens is 1. The number of hydrogen-bond acceptors (Lipinski definition) is 4. The predicted molar refractivity (Wildman–Crippen MR) is 69.4 cm³/mol. The molecule has 1 aliphatic rings. The predicted octanol–water partition coefficient (Wildman–Crippen LogP) is 1.07. The van der Waals surface area contributed by atoms with Crippen molar-refractivity contribution >= 4 is 11.1 Å². The minimum atomic E-state index is -0.395. The maximum atomic E-state index is 11.3. The highest BCUT2D eigenvalue weighted by molar-refractivity contribution is 5.76. The molecule has 18 heavy (non-hydrogen) atoms. The van der Waals surface area contributed by atoms with E-state index >= 15 is 0 Å². The summed E-state index contributed by atoms with van der Waals surface area (Å²) in [5.74, 6) is 0.127. The number of likely N-dealkylation sites (tertiary alicyclic amines) is 1. The minimum Gasteiger partial charge on any atom is -0.408 e. The first-order valence-electron chi connectivity index (χ1n) is 6.21. The number of hydrogen-bond donors (Lipinski definition) is 2. The summed E-state index contributed by atoms with van der Waals surface area (Å²) in [6.45, 7) is 1.71. The zero-order chi connectivity index (χ0) is 12.7. The summed E-state index contributed by atoms with van der Waals surface area (Å²) in [6, 6.07) is 6.09. The third kappa shape index (κ3) is 1.76. The molecule has 1 fully saturated rings. The molecule has 0 amide bonds. The molecule has 1 aliphatic heterocycles. The van der Waals surface area contributed by atoms with E-state index in [1.54, 1.807) is 0 Å². The van der Waals surface area contributed by atoms with Crippen molar-refractivity contribution in [1.29, 1.82) is 0 Å². The Morgan fingerprint density at radius 2 is 2.39 bits per heavy atom. The second-order valence-corrected chi connectivity index (χ2v) is 5.03. The van der Waals surface area contributed by atoms with Gasteiger partial charge in [0.1, 0.15) is 0 Å². The van der Waals surface area contributed by atoms with Crippen LogP contribution in [0.4, 0.5) is 0 Å². The van der Waals surface area contributed by atoms with Crippen molar-refractivity contribution in [3.05, 3.63) is 34.3 Å². The summed E-state index contributed by atoms with van der Waals surface area (Å²) in [5, 5.41) is 0. The van der Waals surface area contributed by atoms with Gasteiger partial charge in [0.05, 0.1) is 5.52 Å². The van der Waals surface area contributed by atoms with E-state index in [0.717, 1.165) is 24.0 Å². The van der Waals surface area contributed by atoms with Gasteiger partial charge in [-0.05, 0) is 37.6 Å². The fraction of sp³-hybridized carbons (Fsp3) is 0.462. The highest BCUT2D eigenvalue weighted by Gasteiger charge is 2.31. The van der Waals surface area contributed by atoms with Crippen molar-refractivity contribution < 1.29 is 4.42 Å². The van der Waals surface area contributed by atoms with Gasteiger partial charge in [0.2, 0.25) is 0 Å². The van der Waals surface area contributed by atoms with Crippen LogP contribution in [0.2, 0.25) is 0 Å². The Hall–Kier alpha value is -1.59. The Kier molecular flexibility index (Phi) is 2.72. The molecule has 1 aromatic carbocycles. The summed E-state index contributed by atoms with van der Waals surface area (Å²) >= 11 is 0. The Morgan fingerprint density at radius 1 is 1.56 bits per heavy atom. The van der Waals surface area contributed by atoms with Crippen molar-refractivity contribution in [2.75, 3.05) is 20.1 Å². The highest BCUT2D eigenvalue weighted by atomic mass is 16.4. The van der Waals surface area contributed by atoms with E-state index in [2.05, 4.69) is 16.9 Å². The highest BCUT2D eigenvalue weighted by Crippen LogP contribution is 2.36. The molecule has 3 rings (SSSR count). The fourth-order valence-electron chi connectivity index (χ4n) is 2.91. The number of nitrogens with one attached hydrogen (secondary N) is 1. The molecule has 2 aromatic rings. The molecule has 2 unspecified atom stereocenters. The van der Waals surface area contributed by atoms with Crippen LogP contribution in [0.5, 0.6) is 0 Å². The van der Waals surface area contributed by atoms with E-state index < -0.39 is 5.76 Å². The molecule has 3 N–H and O–H groups in total. The van der Waals surface area contributed by atoms with Crippen molar-refractivity contribution in [1.82, 2.24) is 9.88 Å². The maximum absolute atomic E-state index is 11.3. The first kappa shape index (κ1) is 11.5. The number of para-hydroxylation sites is 1. The van der Waals surface area contributed by atoms with Gasteiger partial charge in [-0.3, -0.25) is 9.88 Å². The van der Waals surface area contributed by atoms with Crippen LogP contribution in [-0.4, -0.2) is 30.0 Å². The molecule has 96 valence electrons. The fourth-order valence-corrected chi connectivity index (χ4v) is 2.91. The molecule has 0 bridgehead atoms. The molecular weight excluding hydrogens is 230 g/mol. The maximum Gasteiger partial charge on any atom is 0.417 e. The summed E-state index contributed by atoms with van der Waals surface area (Å²) in [6.07, 6.45) is 1.03. The van der Waals surface area contributed by atoms with Gasteiger partial charge >= 0.3 is 5.76 Å².